The molecule has 2 rings (SSSR count). The Morgan fingerprint density at radius 1 is 1.38 bits per heavy atom. The van der Waals surface area contributed by atoms with Crippen LogP contribution in [0.15, 0.2) is 12.4 Å². The summed E-state index contributed by atoms with van der Waals surface area (Å²) in [6.07, 6.45) is 2.37. The zero-order chi connectivity index (χ0) is 11.5. The summed E-state index contributed by atoms with van der Waals surface area (Å²) in [4.78, 5) is 20.4. The van der Waals surface area contributed by atoms with Gasteiger partial charge in [-0.25, -0.2) is 14.8 Å². The lowest BCUT2D eigenvalue weighted by Crippen LogP contribution is -2.36. The number of aromatic carboxylic acids is 1. The van der Waals surface area contributed by atoms with Gasteiger partial charge in [-0.15, -0.1) is 0 Å². The molecule has 1 saturated heterocycles. The molecular formula is C10H13N3O3. The maximum atomic E-state index is 10.7. The van der Waals surface area contributed by atoms with Crippen molar-refractivity contribution in [3.8, 4) is 0 Å². The summed E-state index contributed by atoms with van der Waals surface area (Å²) in [5, 5.41) is 18.2. The first kappa shape index (κ1) is 10.8. The van der Waals surface area contributed by atoms with E-state index >= 15 is 0 Å². The number of carboxylic acid groups (broad SMARTS) is 1. The highest BCUT2D eigenvalue weighted by molar-refractivity contribution is 5.86. The van der Waals surface area contributed by atoms with Crippen LogP contribution in [-0.2, 0) is 0 Å². The van der Waals surface area contributed by atoms with Crippen molar-refractivity contribution in [1.29, 1.82) is 0 Å². The van der Waals surface area contributed by atoms with Gasteiger partial charge in [0.25, 0.3) is 0 Å². The fourth-order valence-electron chi connectivity index (χ4n) is 1.73. The monoisotopic (exact) mass is 223 g/mol. The van der Waals surface area contributed by atoms with E-state index in [0.717, 1.165) is 0 Å². The molecule has 6 nitrogen and oxygen atoms in total. The molecule has 0 aliphatic carbocycles. The van der Waals surface area contributed by atoms with Gasteiger partial charge in [-0.05, 0) is 12.8 Å². The van der Waals surface area contributed by atoms with E-state index in [2.05, 4.69) is 9.97 Å². The first-order chi connectivity index (χ1) is 7.66. The molecule has 6 heteroatoms. The van der Waals surface area contributed by atoms with Crippen LogP contribution in [0.5, 0.6) is 0 Å². The number of aromatic nitrogens is 2. The number of piperidine rings is 1. The predicted octanol–water partition coefficient (Wildman–Crippen LogP) is 0.136. The number of anilines is 1. The molecule has 0 radical (unpaired) electrons. The van der Waals surface area contributed by atoms with Crippen LogP contribution in [-0.4, -0.2) is 45.3 Å². The largest absolute Gasteiger partial charge is 0.477 e. The van der Waals surface area contributed by atoms with Crippen LogP contribution in [0.4, 0.5) is 5.82 Å². The Morgan fingerprint density at radius 3 is 2.69 bits per heavy atom. The molecule has 2 N–H and O–H groups in total. The third kappa shape index (κ3) is 2.27. The van der Waals surface area contributed by atoms with Crippen LogP contribution in [0.2, 0.25) is 0 Å². The van der Waals surface area contributed by atoms with Crippen molar-refractivity contribution in [2.75, 3.05) is 18.0 Å². The van der Waals surface area contributed by atoms with Crippen LogP contribution in [0, 0.1) is 0 Å². The maximum absolute atomic E-state index is 10.7. The second kappa shape index (κ2) is 4.44. The Kier molecular flexibility index (Phi) is 3.00. The second-order valence-corrected chi connectivity index (χ2v) is 3.78. The number of aliphatic hydroxyl groups is 1. The predicted molar refractivity (Wildman–Crippen MR) is 56.4 cm³/mol. The van der Waals surface area contributed by atoms with Crippen LogP contribution >= 0.6 is 0 Å². The minimum absolute atomic E-state index is 0.00359. The van der Waals surface area contributed by atoms with E-state index in [1.54, 1.807) is 0 Å². The van der Waals surface area contributed by atoms with Crippen LogP contribution in [0.1, 0.15) is 23.3 Å². The molecule has 1 fully saturated rings. The highest BCUT2D eigenvalue weighted by Crippen LogP contribution is 2.17. The first-order valence-corrected chi connectivity index (χ1v) is 5.15. The zero-order valence-electron chi connectivity index (χ0n) is 8.70. The molecule has 1 aliphatic rings. The number of nitrogens with zero attached hydrogens (tertiary/aromatic N) is 3. The highest BCUT2D eigenvalue weighted by atomic mass is 16.4. The standard InChI is InChI=1S/C10H13N3O3/c14-7-1-3-13(4-2-7)9-5-8(10(15)16)11-6-12-9/h5-7,14H,1-4H2,(H,15,16). The second-order valence-electron chi connectivity index (χ2n) is 3.78. The van der Waals surface area contributed by atoms with Crippen molar-refractivity contribution in [2.24, 2.45) is 0 Å². The van der Waals surface area contributed by atoms with E-state index in [0.29, 0.717) is 31.7 Å². The summed E-state index contributed by atoms with van der Waals surface area (Å²) >= 11 is 0. The van der Waals surface area contributed by atoms with E-state index in [9.17, 15) is 9.90 Å². The topological polar surface area (TPSA) is 86.5 Å². The molecule has 86 valence electrons. The molecule has 0 amide bonds. The van der Waals surface area contributed by atoms with E-state index in [-0.39, 0.29) is 11.8 Å². The molecule has 0 bridgehead atoms. The lowest BCUT2D eigenvalue weighted by atomic mass is 10.1. The quantitative estimate of drug-likeness (QED) is 0.741. The van der Waals surface area contributed by atoms with Crippen molar-refractivity contribution < 1.29 is 15.0 Å². The number of hydrogen-bond donors (Lipinski definition) is 2. The van der Waals surface area contributed by atoms with Gasteiger partial charge in [-0.2, -0.15) is 0 Å². The van der Waals surface area contributed by atoms with Crippen molar-refractivity contribution in [3.63, 3.8) is 0 Å². The van der Waals surface area contributed by atoms with Gasteiger partial charge in [0, 0.05) is 19.2 Å². The first-order valence-electron chi connectivity index (χ1n) is 5.15. The zero-order valence-corrected chi connectivity index (χ0v) is 8.70. The van der Waals surface area contributed by atoms with E-state index < -0.39 is 5.97 Å². The molecule has 0 spiro atoms. The van der Waals surface area contributed by atoms with Crippen LogP contribution in [0.3, 0.4) is 0 Å². The summed E-state index contributed by atoms with van der Waals surface area (Å²) in [5.41, 5.74) is -0.00359. The minimum Gasteiger partial charge on any atom is -0.477 e. The number of carbonyl (C=O) groups is 1. The molecule has 0 aromatic carbocycles. The van der Waals surface area contributed by atoms with Gasteiger partial charge < -0.3 is 15.1 Å². The van der Waals surface area contributed by atoms with E-state index in [1.807, 2.05) is 4.90 Å². The highest BCUT2D eigenvalue weighted by Gasteiger charge is 2.19. The van der Waals surface area contributed by atoms with Gasteiger partial charge in [0.05, 0.1) is 6.10 Å². The number of aliphatic hydroxyl groups excluding tert-OH is 1. The van der Waals surface area contributed by atoms with Crippen LogP contribution in [0.25, 0.3) is 0 Å². The molecule has 0 unspecified atom stereocenters. The average molecular weight is 223 g/mol. The van der Waals surface area contributed by atoms with E-state index in [4.69, 9.17) is 5.11 Å². The smallest absolute Gasteiger partial charge is 0.354 e. The van der Waals surface area contributed by atoms with E-state index in [1.165, 1.54) is 12.4 Å². The lowest BCUT2D eigenvalue weighted by molar-refractivity contribution is 0.0690. The van der Waals surface area contributed by atoms with Crippen molar-refractivity contribution in [1.82, 2.24) is 9.97 Å². The molecule has 0 atom stereocenters. The number of rotatable bonds is 2. The fourth-order valence-corrected chi connectivity index (χ4v) is 1.73. The third-order valence-electron chi connectivity index (χ3n) is 2.66. The Hall–Kier alpha value is -1.69. The van der Waals surface area contributed by atoms with Crippen molar-refractivity contribution >= 4 is 11.8 Å². The fraction of sp³-hybridized carbons (Fsp3) is 0.500. The van der Waals surface area contributed by atoms with Gasteiger partial charge in [-0.1, -0.05) is 0 Å². The summed E-state index contributed by atoms with van der Waals surface area (Å²) in [6.45, 7) is 1.38. The number of carboxylic acids is 1. The summed E-state index contributed by atoms with van der Waals surface area (Å²) in [6, 6.07) is 1.46. The molecular weight excluding hydrogens is 210 g/mol. The van der Waals surface area contributed by atoms with Gasteiger partial charge in [0.2, 0.25) is 0 Å². The molecule has 2 heterocycles. The molecule has 0 saturated carbocycles. The average Bonchev–Trinajstić information content (AvgIpc) is 2.30. The van der Waals surface area contributed by atoms with Crippen molar-refractivity contribution in [3.05, 3.63) is 18.1 Å². The lowest BCUT2D eigenvalue weighted by Gasteiger charge is -2.30. The SMILES string of the molecule is O=C(O)c1cc(N2CCC(O)CC2)ncn1. The molecule has 16 heavy (non-hydrogen) atoms. The summed E-state index contributed by atoms with van der Waals surface area (Å²) in [5.74, 6) is -0.444. The molecule has 1 aromatic rings. The van der Waals surface area contributed by atoms with Gasteiger partial charge in [-0.3, -0.25) is 0 Å². The Labute approximate surface area is 92.6 Å². The summed E-state index contributed by atoms with van der Waals surface area (Å²) in [7, 11) is 0. The Bertz CT molecular complexity index is 389. The number of hydrogen-bond acceptors (Lipinski definition) is 5. The van der Waals surface area contributed by atoms with Crippen LogP contribution < -0.4 is 4.90 Å². The van der Waals surface area contributed by atoms with Crippen molar-refractivity contribution in [2.45, 2.75) is 18.9 Å². The Morgan fingerprint density at radius 2 is 2.06 bits per heavy atom. The molecule has 1 aliphatic heterocycles. The third-order valence-corrected chi connectivity index (χ3v) is 2.66. The maximum Gasteiger partial charge on any atom is 0.354 e. The normalized spacial score (nSPS) is 17.4. The van der Waals surface area contributed by atoms with Gasteiger partial charge in [0.15, 0.2) is 5.69 Å². The Balaban J connectivity index is 2.14. The van der Waals surface area contributed by atoms with Gasteiger partial charge in [0.1, 0.15) is 12.1 Å². The van der Waals surface area contributed by atoms with Gasteiger partial charge >= 0.3 is 5.97 Å². The summed E-state index contributed by atoms with van der Waals surface area (Å²) < 4.78 is 0. The minimum atomic E-state index is -1.05. The molecule has 1 aromatic heterocycles.